The van der Waals surface area contributed by atoms with E-state index >= 15 is 0 Å². The summed E-state index contributed by atoms with van der Waals surface area (Å²) in [6.45, 7) is 2.18. The third kappa shape index (κ3) is 2.81. The summed E-state index contributed by atoms with van der Waals surface area (Å²) in [5, 5.41) is 4.01. The lowest BCUT2D eigenvalue weighted by Crippen LogP contribution is -2.23. The highest BCUT2D eigenvalue weighted by molar-refractivity contribution is 8.00. The van der Waals surface area contributed by atoms with E-state index in [2.05, 4.69) is 54.7 Å². The Morgan fingerprint density at radius 3 is 2.71 bits per heavy atom. The number of ether oxygens (including phenoxy) is 1. The van der Waals surface area contributed by atoms with E-state index in [1.165, 1.54) is 21.6 Å². The highest BCUT2D eigenvalue weighted by Gasteiger charge is 2.32. The van der Waals surface area contributed by atoms with Crippen LogP contribution in [0.1, 0.15) is 22.7 Å². The summed E-state index contributed by atoms with van der Waals surface area (Å²) in [6, 6.07) is 15.4. The van der Waals surface area contributed by atoms with Crippen molar-refractivity contribution in [1.82, 2.24) is 5.32 Å². The number of hydrogen-bond donors (Lipinski definition) is 1. The van der Waals surface area contributed by atoms with Gasteiger partial charge in [0.1, 0.15) is 5.75 Å². The molecule has 0 saturated heterocycles. The molecule has 1 N–H and O–H groups in total. The van der Waals surface area contributed by atoms with Gasteiger partial charge < -0.3 is 10.1 Å². The molecule has 2 atom stereocenters. The predicted octanol–water partition coefficient (Wildman–Crippen LogP) is 3.98. The van der Waals surface area contributed by atoms with Crippen LogP contribution in [0.25, 0.3) is 0 Å². The van der Waals surface area contributed by atoms with Crippen molar-refractivity contribution in [2.24, 2.45) is 0 Å². The fraction of sp³-hybridized carbons (Fsp3) is 0.333. The van der Waals surface area contributed by atoms with E-state index in [0.717, 1.165) is 12.2 Å². The number of aryl methyl sites for hydroxylation is 1. The van der Waals surface area contributed by atoms with Gasteiger partial charge in [-0.3, -0.25) is 0 Å². The third-order valence-corrected chi connectivity index (χ3v) is 5.62. The van der Waals surface area contributed by atoms with Crippen LogP contribution in [0.2, 0.25) is 0 Å². The first-order valence-electron chi connectivity index (χ1n) is 7.29. The molecular formula is C18H21NOS. The molecule has 0 aliphatic heterocycles. The van der Waals surface area contributed by atoms with Gasteiger partial charge in [0, 0.05) is 16.2 Å². The Balaban J connectivity index is 1.87. The van der Waals surface area contributed by atoms with E-state index in [9.17, 15) is 0 Å². The van der Waals surface area contributed by atoms with Crippen molar-refractivity contribution in [2.45, 2.75) is 29.5 Å². The van der Waals surface area contributed by atoms with E-state index in [1.807, 2.05) is 18.8 Å². The predicted molar refractivity (Wildman–Crippen MR) is 89.3 cm³/mol. The Morgan fingerprint density at radius 1 is 1.19 bits per heavy atom. The second-order valence-corrected chi connectivity index (χ2v) is 6.74. The van der Waals surface area contributed by atoms with Crippen LogP contribution in [0.15, 0.2) is 47.4 Å². The maximum atomic E-state index is 5.37. The molecule has 0 heterocycles. The minimum absolute atomic E-state index is 0.375. The van der Waals surface area contributed by atoms with Gasteiger partial charge in [-0.25, -0.2) is 0 Å². The fourth-order valence-electron chi connectivity index (χ4n) is 3.01. The molecule has 21 heavy (non-hydrogen) atoms. The molecule has 0 aromatic heterocycles. The molecule has 0 saturated carbocycles. The molecule has 1 aliphatic rings. The van der Waals surface area contributed by atoms with Crippen molar-refractivity contribution in [3.05, 3.63) is 59.2 Å². The normalized spacial score (nSPS) is 20.3. The molecule has 0 radical (unpaired) electrons. The van der Waals surface area contributed by atoms with Gasteiger partial charge >= 0.3 is 0 Å². The summed E-state index contributed by atoms with van der Waals surface area (Å²) in [5.41, 5.74) is 4.16. The molecule has 0 spiro atoms. The largest absolute Gasteiger partial charge is 0.497 e. The van der Waals surface area contributed by atoms with Crippen molar-refractivity contribution >= 4 is 11.8 Å². The monoisotopic (exact) mass is 299 g/mol. The van der Waals surface area contributed by atoms with Crippen LogP contribution in [0, 0.1) is 6.92 Å². The smallest absolute Gasteiger partial charge is 0.119 e. The molecule has 2 nitrogen and oxygen atoms in total. The first kappa shape index (κ1) is 14.5. The van der Waals surface area contributed by atoms with Crippen LogP contribution in [-0.2, 0) is 6.42 Å². The molecular weight excluding hydrogens is 278 g/mol. The van der Waals surface area contributed by atoms with E-state index in [4.69, 9.17) is 4.74 Å². The number of methoxy groups -OCH3 is 1. The van der Waals surface area contributed by atoms with Crippen molar-refractivity contribution in [3.63, 3.8) is 0 Å². The first-order valence-corrected chi connectivity index (χ1v) is 8.17. The van der Waals surface area contributed by atoms with Gasteiger partial charge in [-0.05, 0) is 55.3 Å². The summed E-state index contributed by atoms with van der Waals surface area (Å²) >= 11 is 1.98. The number of rotatable bonds is 4. The Bertz CT molecular complexity index is 641. The van der Waals surface area contributed by atoms with Crippen LogP contribution in [0.4, 0.5) is 0 Å². The maximum absolute atomic E-state index is 5.37. The number of thioether (sulfide) groups is 1. The van der Waals surface area contributed by atoms with Crippen molar-refractivity contribution in [1.29, 1.82) is 0 Å². The van der Waals surface area contributed by atoms with Gasteiger partial charge in [0.05, 0.1) is 7.11 Å². The third-order valence-electron chi connectivity index (χ3n) is 4.16. The summed E-state index contributed by atoms with van der Waals surface area (Å²) in [6.07, 6.45) is 1.10. The highest BCUT2D eigenvalue weighted by Crippen LogP contribution is 2.43. The summed E-state index contributed by atoms with van der Waals surface area (Å²) < 4.78 is 5.37. The van der Waals surface area contributed by atoms with Crippen LogP contribution in [0.3, 0.4) is 0 Å². The molecule has 2 aromatic rings. The number of nitrogens with one attached hydrogen (secondary N) is 1. The first-order chi connectivity index (χ1) is 10.2. The van der Waals surface area contributed by atoms with Crippen LogP contribution < -0.4 is 10.1 Å². The van der Waals surface area contributed by atoms with Gasteiger partial charge in [0.2, 0.25) is 0 Å². The van der Waals surface area contributed by atoms with Gasteiger partial charge in [-0.15, -0.1) is 11.8 Å². The molecule has 0 bridgehead atoms. The molecule has 3 heteroatoms. The fourth-order valence-corrected chi connectivity index (χ4v) is 4.43. The summed E-state index contributed by atoms with van der Waals surface area (Å²) in [4.78, 5) is 1.38. The molecule has 1 aliphatic carbocycles. The van der Waals surface area contributed by atoms with E-state index < -0.39 is 0 Å². The maximum Gasteiger partial charge on any atom is 0.119 e. The average Bonchev–Trinajstić information content (AvgIpc) is 2.85. The van der Waals surface area contributed by atoms with Gasteiger partial charge in [0.25, 0.3) is 0 Å². The van der Waals surface area contributed by atoms with E-state index in [-0.39, 0.29) is 0 Å². The van der Waals surface area contributed by atoms with Gasteiger partial charge in [-0.2, -0.15) is 0 Å². The second kappa shape index (κ2) is 6.12. The summed E-state index contributed by atoms with van der Waals surface area (Å²) in [7, 11) is 3.77. The van der Waals surface area contributed by atoms with Crippen LogP contribution >= 0.6 is 11.8 Å². The quantitative estimate of drug-likeness (QED) is 0.922. The molecule has 0 fully saturated rings. The number of fused-ring (bicyclic) bond motifs is 1. The Kier molecular flexibility index (Phi) is 4.22. The minimum Gasteiger partial charge on any atom is -0.497 e. The zero-order valence-electron chi connectivity index (χ0n) is 12.7. The second-order valence-electron chi connectivity index (χ2n) is 5.46. The lowest BCUT2D eigenvalue weighted by Gasteiger charge is -2.20. The zero-order valence-corrected chi connectivity index (χ0v) is 13.5. The number of hydrogen-bond acceptors (Lipinski definition) is 3. The topological polar surface area (TPSA) is 21.3 Å². The van der Waals surface area contributed by atoms with Crippen LogP contribution in [-0.4, -0.2) is 19.4 Å². The molecule has 110 valence electrons. The molecule has 0 amide bonds. The zero-order chi connectivity index (χ0) is 14.8. The van der Waals surface area contributed by atoms with Crippen molar-refractivity contribution in [3.8, 4) is 5.75 Å². The van der Waals surface area contributed by atoms with E-state index in [1.54, 1.807) is 7.11 Å². The van der Waals surface area contributed by atoms with Crippen LogP contribution in [0.5, 0.6) is 5.75 Å². The average molecular weight is 299 g/mol. The van der Waals surface area contributed by atoms with E-state index in [0.29, 0.717) is 11.3 Å². The minimum atomic E-state index is 0.375. The van der Waals surface area contributed by atoms with Crippen molar-refractivity contribution in [2.75, 3.05) is 14.2 Å². The Morgan fingerprint density at radius 2 is 2.00 bits per heavy atom. The lowest BCUT2D eigenvalue weighted by molar-refractivity contribution is 0.413. The standard InChI is InChI=1S/C18H21NOS/c1-12-6-4-5-7-16(12)21-17-10-13-8-9-14(20-3)11-15(13)18(17)19-2/h4-9,11,17-19H,10H2,1-3H3. The highest BCUT2D eigenvalue weighted by atomic mass is 32.2. The Hall–Kier alpha value is -1.45. The SMILES string of the molecule is CNC1c2cc(OC)ccc2CC1Sc1ccccc1C. The summed E-state index contributed by atoms with van der Waals surface area (Å²) in [5.74, 6) is 0.940. The molecule has 2 unspecified atom stereocenters. The molecule has 3 rings (SSSR count). The van der Waals surface area contributed by atoms with Gasteiger partial charge in [0.15, 0.2) is 0 Å². The Labute approximate surface area is 130 Å². The van der Waals surface area contributed by atoms with Crippen molar-refractivity contribution < 1.29 is 4.74 Å². The van der Waals surface area contributed by atoms with Gasteiger partial charge in [-0.1, -0.05) is 24.3 Å². The lowest BCUT2D eigenvalue weighted by atomic mass is 10.1. The molecule has 2 aromatic carbocycles. The number of benzene rings is 2.